The highest BCUT2D eigenvalue weighted by atomic mass is 16.6. The van der Waals surface area contributed by atoms with Gasteiger partial charge in [-0.15, -0.1) is 0 Å². The van der Waals surface area contributed by atoms with Gasteiger partial charge in [0.2, 0.25) is 0 Å². The Labute approximate surface area is 131 Å². The minimum absolute atomic E-state index is 0.147. The smallest absolute Gasteiger partial charge is 0.410 e. The number of anilines is 2. The highest BCUT2D eigenvalue weighted by Crippen LogP contribution is 2.28. The summed E-state index contributed by atoms with van der Waals surface area (Å²) in [5, 5.41) is 3.22. The Kier molecular flexibility index (Phi) is 4.30. The number of carbonyl (C=O) groups excluding carboxylic acids is 2. The van der Waals surface area contributed by atoms with Crippen molar-refractivity contribution in [1.82, 2.24) is 4.90 Å². The number of benzene rings is 1. The summed E-state index contributed by atoms with van der Waals surface area (Å²) in [6, 6.07) is 6.95. The molecule has 1 aromatic rings. The molecule has 0 fully saturated rings. The summed E-state index contributed by atoms with van der Waals surface area (Å²) >= 11 is 0. The van der Waals surface area contributed by atoms with Crippen LogP contribution in [0.1, 0.15) is 20.8 Å². The molecule has 120 valence electrons. The number of amides is 2. The van der Waals surface area contributed by atoms with Gasteiger partial charge in [-0.3, -0.25) is 9.69 Å². The first kappa shape index (κ1) is 16.1. The molecule has 6 nitrogen and oxygen atoms in total. The Morgan fingerprint density at radius 1 is 1.36 bits per heavy atom. The van der Waals surface area contributed by atoms with E-state index in [2.05, 4.69) is 5.32 Å². The second-order valence-electron chi connectivity index (χ2n) is 6.40. The van der Waals surface area contributed by atoms with Gasteiger partial charge in [-0.25, -0.2) is 4.79 Å². The van der Waals surface area contributed by atoms with Crippen LogP contribution in [-0.2, 0) is 9.53 Å². The van der Waals surface area contributed by atoms with Gasteiger partial charge >= 0.3 is 6.09 Å². The minimum Gasteiger partial charge on any atom is -0.444 e. The lowest BCUT2D eigenvalue weighted by atomic mass is 10.2. The normalized spacial score (nSPS) is 18.1. The maximum atomic E-state index is 12.7. The number of nitrogens with zero attached hydrogens (tertiary/aromatic N) is 2. The zero-order chi connectivity index (χ0) is 16.5. The summed E-state index contributed by atoms with van der Waals surface area (Å²) < 4.78 is 5.34. The van der Waals surface area contributed by atoms with Crippen LogP contribution in [0.5, 0.6) is 0 Å². The van der Waals surface area contributed by atoms with Gasteiger partial charge in [-0.1, -0.05) is 12.1 Å². The van der Waals surface area contributed by atoms with Crippen molar-refractivity contribution in [2.45, 2.75) is 32.4 Å². The molecule has 0 aromatic heterocycles. The van der Waals surface area contributed by atoms with E-state index >= 15 is 0 Å². The number of hydrogen-bond acceptors (Lipinski definition) is 4. The number of nitrogens with one attached hydrogen (secondary N) is 1. The first-order valence-corrected chi connectivity index (χ1v) is 7.27. The summed E-state index contributed by atoms with van der Waals surface area (Å²) in [6.45, 7) is 5.74. The Bertz CT molecular complexity index is 580. The zero-order valence-corrected chi connectivity index (χ0v) is 13.7. The van der Waals surface area contributed by atoms with Crippen molar-refractivity contribution in [2.24, 2.45) is 0 Å². The van der Waals surface area contributed by atoms with Gasteiger partial charge in [-0.05, 0) is 32.9 Å². The molecule has 1 aliphatic rings. The molecule has 0 unspecified atom stereocenters. The fourth-order valence-electron chi connectivity index (χ4n) is 2.32. The van der Waals surface area contributed by atoms with Crippen molar-refractivity contribution in [3.8, 4) is 0 Å². The predicted molar refractivity (Wildman–Crippen MR) is 86.1 cm³/mol. The molecule has 1 heterocycles. The molecule has 0 saturated carbocycles. The SMILES string of the molecule is CN1C(=O)[C@H](N(C)C(=O)OC(C)(C)C)CNc2ccccc21. The first-order chi connectivity index (χ1) is 10.2. The van der Waals surface area contributed by atoms with Crippen LogP contribution >= 0.6 is 0 Å². The first-order valence-electron chi connectivity index (χ1n) is 7.27. The second kappa shape index (κ2) is 5.87. The van der Waals surface area contributed by atoms with Crippen molar-refractivity contribution >= 4 is 23.4 Å². The largest absolute Gasteiger partial charge is 0.444 e. The van der Waals surface area contributed by atoms with E-state index in [0.717, 1.165) is 11.4 Å². The lowest BCUT2D eigenvalue weighted by molar-refractivity contribution is -0.122. The lowest BCUT2D eigenvalue weighted by Gasteiger charge is -2.30. The molecule has 0 bridgehead atoms. The van der Waals surface area contributed by atoms with Crippen molar-refractivity contribution in [1.29, 1.82) is 0 Å². The third-order valence-electron chi connectivity index (χ3n) is 3.52. The molecule has 0 saturated heterocycles. The summed E-state index contributed by atoms with van der Waals surface area (Å²) in [5.74, 6) is -0.147. The Morgan fingerprint density at radius 2 is 2.00 bits per heavy atom. The topological polar surface area (TPSA) is 61.9 Å². The predicted octanol–water partition coefficient (Wildman–Crippen LogP) is 2.31. The van der Waals surface area contributed by atoms with Crippen molar-refractivity contribution in [3.05, 3.63) is 24.3 Å². The molecular weight excluding hydrogens is 282 g/mol. The van der Waals surface area contributed by atoms with E-state index in [-0.39, 0.29) is 5.91 Å². The third-order valence-corrected chi connectivity index (χ3v) is 3.52. The molecule has 2 amide bonds. The quantitative estimate of drug-likeness (QED) is 0.865. The van der Waals surface area contributed by atoms with Gasteiger partial charge in [0.25, 0.3) is 5.91 Å². The average molecular weight is 305 g/mol. The van der Waals surface area contributed by atoms with E-state index in [1.54, 1.807) is 39.8 Å². The van der Waals surface area contributed by atoms with Crippen LogP contribution in [0.2, 0.25) is 0 Å². The minimum atomic E-state index is -0.618. The van der Waals surface area contributed by atoms with Gasteiger partial charge in [0.15, 0.2) is 0 Å². The molecule has 2 rings (SSSR count). The van der Waals surface area contributed by atoms with Gasteiger partial charge in [0.05, 0.1) is 11.4 Å². The summed E-state index contributed by atoms with van der Waals surface area (Å²) in [4.78, 5) is 27.8. The maximum Gasteiger partial charge on any atom is 0.410 e. The second-order valence-corrected chi connectivity index (χ2v) is 6.40. The van der Waals surface area contributed by atoms with Gasteiger partial charge < -0.3 is 15.0 Å². The molecular formula is C16H23N3O3. The fraction of sp³-hybridized carbons (Fsp3) is 0.500. The Morgan fingerprint density at radius 3 is 2.64 bits per heavy atom. The van der Waals surface area contributed by atoms with Crippen LogP contribution in [0.25, 0.3) is 0 Å². The molecule has 22 heavy (non-hydrogen) atoms. The van der Waals surface area contributed by atoms with Crippen molar-refractivity contribution in [3.63, 3.8) is 0 Å². The molecule has 6 heteroatoms. The molecule has 1 N–H and O–H groups in total. The highest BCUT2D eigenvalue weighted by Gasteiger charge is 2.34. The number of likely N-dealkylation sites (N-methyl/N-ethyl adjacent to an activating group) is 2. The molecule has 0 aliphatic carbocycles. The summed E-state index contributed by atoms with van der Waals surface area (Å²) in [7, 11) is 3.30. The molecule has 1 aromatic carbocycles. The molecule has 0 spiro atoms. The van der Waals surface area contributed by atoms with Crippen LogP contribution in [0.3, 0.4) is 0 Å². The maximum absolute atomic E-state index is 12.7. The van der Waals surface area contributed by atoms with Crippen molar-refractivity contribution in [2.75, 3.05) is 30.9 Å². The van der Waals surface area contributed by atoms with E-state index in [0.29, 0.717) is 6.54 Å². The van der Waals surface area contributed by atoms with Crippen LogP contribution in [0, 0.1) is 0 Å². The molecule has 1 aliphatic heterocycles. The standard InChI is InChI=1S/C16H23N3O3/c1-16(2,3)22-15(21)19(5)13-10-17-11-8-6-7-9-12(11)18(4)14(13)20/h6-9,13,17H,10H2,1-5H3/t13-/m1/s1. The number of para-hydroxylation sites is 2. The number of fused-ring (bicyclic) bond motifs is 1. The zero-order valence-electron chi connectivity index (χ0n) is 13.7. The Balaban J connectivity index is 2.20. The van der Waals surface area contributed by atoms with Gasteiger partial charge in [-0.2, -0.15) is 0 Å². The van der Waals surface area contributed by atoms with Crippen LogP contribution in [0.4, 0.5) is 16.2 Å². The van der Waals surface area contributed by atoms with E-state index in [1.807, 2.05) is 24.3 Å². The number of rotatable bonds is 1. The number of carbonyl (C=O) groups is 2. The van der Waals surface area contributed by atoms with Gasteiger partial charge in [0, 0.05) is 20.6 Å². The van der Waals surface area contributed by atoms with E-state index in [4.69, 9.17) is 4.74 Å². The lowest BCUT2D eigenvalue weighted by Crippen LogP contribution is -2.51. The summed E-state index contributed by atoms with van der Waals surface area (Å²) in [6.07, 6.45) is -0.507. The fourth-order valence-corrected chi connectivity index (χ4v) is 2.32. The highest BCUT2D eigenvalue weighted by molar-refractivity contribution is 6.02. The van der Waals surface area contributed by atoms with Crippen molar-refractivity contribution < 1.29 is 14.3 Å². The van der Waals surface area contributed by atoms with E-state index in [9.17, 15) is 9.59 Å². The number of ether oxygens (including phenoxy) is 1. The van der Waals surface area contributed by atoms with Crippen LogP contribution in [-0.4, -0.2) is 49.2 Å². The molecule has 0 radical (unpaired) electrons. The average Bonchev–Trinajstić information content (AvgIpc) is 2.56. The Hall–Kier alpha value is -2.24. The number of hydrogen-bond donors (Lipinski definition) is 1. The third kappa shape index (κ3) is 3.32. The monoisotopic (exact) mass is 305 g/mol. The summed E-state index contributed by atoms with van der Waals surface area (Å²) in [5.41, 5.74) is 1.08. The molecule has 1 atom stereocenters. The van der Waals surface area contributed by atoms with E-state index < -0.39 is 17.7 Å². The van der Waals surface area contributed by atoms with Crippen LogP contribution < -0.4 is 10.2 Å². The van der Waals surface area contributed by atoms with E-state index in [1.165, 1.54) is 4.90 Å². The van der Waals surface area contributed by atoms with Crippen LogP contribution in [0.15, 0.2) is 24.3 Å². The van der Waals surface area contributed by atoms with Gasteiger partial charge in [0.1, 0.15) is 11.6 Å².